The van der Waals surface area contributed by atoms with E-state index in [4.69, 9.17) is 16.0 Å². The number of ether oxygens (including phenoxy) is 1. The third-order valence-electron chi connectivity index (χ3n) is 2.63. The molecule has 0 atom stereocenters. The second-order valence-corrected chi connectivity index (χ2v) is 4.27. The number of esters is 1. The molecule has 0 amide bonds. The van der Waals surface area contributed by atoms with Crippen LogP contribution in [0.25, 0.3) is 11.0 Å². The standard InChI is InChI=1S/C13H9ClO5/c1-18-11(16)3-7-2-9(14)4-10-12(17)8(5-15)6-19-13(7)10/h2,4-6H,3H2,1H3. The molecule has 1 heterocycles. The monoisotopic (exact) mass is 280 g/mol. The lowest BCUT2D eigenvalue weighted by Crippen LogP contribution is -2.10. The summed E-state index contributed by atoms with van der Waals surface area (Å²) in [7, 11) is 1.26. The van der Waals surface area contributed by atoms with Gasteiger partial charge in [0.05, 0.1) is 24.5 Å². The lowest BCUT2D eigenvalue weighted by molar-refractivity contribution is -0.139. The van der Waals surface area contributed by atoms with Crippen LogP contribution in [0.3, 0.4) is 0 Å². The maximum atomic E-state index is 12.0. The van der Waals surface area contributed by atoms with Gasteiger partial charge in [0, 0.05) is 10.6 Å². The van der Waals surface area contributed by atoms with E-state index < -0.39 is 11.4 Å². The Morgan fingerprint density at radius 2 is 2.21 bits per heavy atom. The molecule has 0 spiro atoms. The fourth-order valence-electron chi connectivity index (χ4n) is 1.73. The van der Waals surface area contributed by atoms with Crippen LogP contribution < -0.4 is 5.43 Å². The molecule has 19 heavy (non-hydrogen) atoms. The highest BCUT2D eigenvalue weighted by molar-refractivity contribution is 6.31. The van der Waals surface area contributed by atoms with Gasteiger partial charge in [-0.2, -0.15) is 0 Å². The Balaban J connectivity index is 2.72. The number of rotatable bonds is 3. The number of methoxy groups -OCH3 is 1. The fourth-order valence-corrected chi connectivity index (χ4v) is 1.97. The second kappa shape index (κ2) is 5.24. The molecule has 0 N–H and O–H groups in total. The van der Waals surface area contributed by atoms with Gasteiger partial charge in [-0.15, -0.1) is 0 Å². The van der Waals surface area contributed by atoms with E-state index in [1.54, 1.807) is 0 Å². The van der Waals surface area contributed by atoms with Gasteiger partial charge in [-0.05, 0) is 12.1 Å². The van der Waals surface area contributed by atoms with E-state index in [0.29, 0.717) is 11.8 Å². The Morgan fingerprint density at radius 1 is 1.47 bits per heavy atom. The molecular formula is C13H9ClO5. The number of halogens is 1. The van der Waals surface area contributed by atoms with Crippen molar-refractivity contribution >= 4 is 34.8 Å². The molecule has 2 aromatic rings. The van der Waals surface area contributed by atoms with Gasteiger partial charge in [-0.3, -0.25) is 14.4 Å². The Kier molecular flexibility index (Phi) is 3.66. The van der Waals surface area contributed by atoms with Crippen LogP contribution in [-0.2, 0) is 16.0 Å². The molecule has 0 aliphatic heterocycles. The van der Waals surface area contributed by atoms with Crippen molar-refractivity contribution in [2.24, 2.45) is 0 Å². The average molecular weight is 281 g/mol. The van der Waals surface area contributed by atoms with E-state index in [9.17, 15) is 14.4 Å². The molecule has 0 aliphatic carbocycles. The maximum Gasteiger partial charge on any atom is 0.310 e. The van der Waals surface area contributed by atoms with Crippen LogP contribution in [0.2, 0.25) is 5.02 Å². The van der Waals surface area contributed by atoms with Crippen LogP contribution in [0.1, 0.15) is 15.9 Å². The molecule has 0 aliphatic rings. The zero-order valence-corrected chi connectivity index (χ0v) is 10.7. The van der Waals surface area contributed by atoms with Gasteiger partial charge in [0.2, 0.25) is 5.43 Å². The van der Waals surface area contributed by atoms with Crippen molar-refractivity contribution < 1.29 is 18.7 Å². The van der Waals surface area contributed by atoms with Crippen molar-refractivity contribution in [3.8, 4) is 0 Å². The number of fused-ring (bicyclic) bond motifs is 1. The highest BCUT2D eigenvalue weighted by Crippen LogP contribution is 2.23. The number of benzene rings is 1. The van der Waals surface area contributed by atoms with Gasteiger partial charge in [-0.1, -0.05) is 11.6 Å². The first-order valence-corrected chi connectivity index (χ1v) is 5.70. The molecule has 2 rings (SSSR count). The zero-order valence-electron chi connectivity index (χ0n) is 9.94. The first-order chi connectivity index (χ1) is 9.06. The molecule has 0 fully saturated rings. The van der Waals surface area contributed by atoms with Crippen LogP contribution in [-0.4, -0.2) is 19.4 Å². The molecule has 0 unspecified atom stereocenters. The minimum Gasteiger partial charge on any atom is -0.469 e. The van der Waals surface area contributed by atoms with E-state index in [2.05, 4.69) is 4.74 Å². The van der Waals surface area contributed by atoms with Gasteiger partial charge >= 0.3 is 5.97 Å². The van der Waals surface area contributed by atoms with E-state index >= 15 is 0 Å². The van der Waals surface area contributed by atoms with Gasteiger partial charge in [-0.25, -0.2) is 0 Å². The summed E-state index contributed by atoms with van der Waals surface area (Å²) in [4.78, 5) is 34.0. The predicted molar refractivity (Wildman–Crippen MR) is 68.6 cm³/mol. The van der Waals surface area contributed by atoms with Crippen LogP contribution >= 0.6 is 11.6 Å². The highest BCUT2D eigenvalue weighted by Gasteiger charge is 2.14. The lowest BCUT2D eigenvalue weighted by atomic mass is 10.1. The molecular weight excluding hydrogens is 272 g/mol. The molecule has 98 valence electrons. The molecule has 5 nitrogen and oxygen atoms in total. The summed E-state index contributed by atoms with van der Waals surface area (Å²) < 4.78 is 9.81. The van der Waals surface area contributed by atoms with Gasteiger partial charge in [0.25, 0.3) is 0 Å². The summed E-state index contributed by atoms with van der Waals surface area (Å²) in [5, 5.41) is 0.442. The number of hydrogen-bond donors (Lipinski definition) is 0. The molecule has 1 aromatic carbocycles. The molecule has 0 saturated heterocycles. The highest BCUT2D eigenvalue weighted by atomic mass is 35.5. The van der Waals surface area contributed by atoms with Crippen molar-refractivity contribution in [2.75, 3.05) is 7.11 Å². The minimum absolute atomic E-state index is 0.0725. The van der Waals surface area contributed by atoms with Crippen LogP contribution in [0.5, 0.6) is 0 Å². The van der Waals surface area contributed by atoms with E-state index in [1.165, 1.54) is 19.2 Å². The second-order valence-electron chi connectivity index (χ2n) is 3.83. The third kappa shape index (κ3) is 2.51. The molecule has 6 heteroatoms. The molecule has 0 saturated carbocycles. The SMILES string of the molecule is COC(=O)Cc1cc(Cl)cc2c(=O)c(C=O)coc12. The van der Waals surface area contributed by atoms with Gasteiger partial charge in [0.15, 0.2) is 6.29 Å². The summed E-state index contributed by atoms with van der Waals surface area (Å²) in [6.45, 7) is 0. The third-order valence-corrected chi connectivity index (χ3v) is 2.85. The minimum atomic E-state index is -0.482. The lowest BCUT2D eigenvalue weighted by Gasteiger charge is -2.05. The number of carbonyl (C=O) groups excluding carboxylic acids is 2. The van der Waals surface area contributed by atoms with Gasteiger partial charge in [0.1, 0.15) is 11.8 Å². The Hall–Kier alpha value is -2.14. The maximum absolute atomic E-state index is 12.0. The first kappa shape index (κ1) is 13.3. The largest absolute Gasteiger partial charge is 0.469 e. The first-order valence-electron chi connectivity index (χ1n) is 5.32. The van der Waals surface area contributed by atoms with Crippen molar-refractivity contribution in [1.82, 2.24) is 0 Å². The summed E-state index contributed by atoms with van der Waals surface area (Å²) in [6, 6.07) is 2.92. The summed E-state index contributed by atoms with van der Waals surface area (Å²) in [5.74, 6) is -0.481. The van der Waals surface area contributed by atoms with Crippen molar-refractivity contribution in [2.45, 2.75) is 6.42 Å². The molecule has 1 aromatic heterocycles. The number of aldehydes is 1. The molecule has 0 radical (unpaired) electrons. The van der Waals surface area contributed by atoms with E-state index in [0.717, 1.165) is 6.26 Å². The van der Waals surface area contributed by atoms with Crippen molar-refractivity contribution in [1.29, 1.82) is 0 Å². The quantitative estimate of drug-likeness (QED) is 0.635. The summed E-state index contributed by atoms with van der Waals surface area (Å²) >= 11 is 5.90. The Labute approximate surface area is 112 Å². The Morgan fingerprint density at radius 3 is 2.84 bits per heavy atom. The Bertz CT molecular complexity index is 717. The van der Waals surface area contributed by atoms with Crippen molar-refractivity contribution in [3.63, 3.8) is 0 Å². The number of hydrogen-bond acceptors (Lipinski definition) is 5. The van der Waals surface area contributed by atoms with E-state index in [1.807, 2.05) is 0 Å². The topological polar surface area (TPSA) is 73.6 Å². The van der Waals surface area contributed by atoms with Crippen LogP contribution in [0, 0.1) is 0 Å². The normalized spacial score (nSPS) is 10.4. The predicted octanol–water partition coefficient (Wildman–Crippen LogP) is 1.97. The average Bonchev–Trinajstić information content (AvgIpc) is 2.39. The summed E-state index contributed by atoms with van der Waals surface area (Å²) in [6.07, 6.45) is 1.40. The summed E-state index contributed by atoms with van der Waals surface area (Å²) in [5.41, 5.74) is 0.0814. The van der Waals surface area contributed by atoms with Crippen molar-refractivity contribution in [3.05, 3.63) is 44.8 Å². The van der Waals surface area contributed by atoms with Crippen LogP contribution in [0.4, 0.5) is 0 Å². The zero-order chi connectivity index (χ0) is 14.0. The fraction of sp³-hybridized carbons (Fsp3) is 0.154. The van der Waals surface area contributed by atoms with E-state index in [-0.39, 0.29) is 28.0 Å². The van der Waals surface area contributed by atoms with Crippen LogP contribution in [0.15, 0.2) is 27.6 Å². The smallest absolute Gasteiger partial charge is 0.310 e. The number of carbonyl (C=O) groups is 2. The van der Waals surface area contributed by atoms with Gasteiger partial charge < -0.3 is 9.15 Å². The molecule has 0 bridgehead atoms.